The molecule has 0 aliphatic carbocycles. The number of aliphatic hydroxyl groups is 1. The first kappa shape index (κ1) is 12.8. The molecule has 2 aromatic heterocycles. The zero-order chi connectivity index (χ0) is 13.0. The fourth-order valence-corrected chi connectivity index (χ4v) is 2.09. The van der Waals surface area contributed by atoms with Gasteiger partial charge in [-0.25, -0.2) is 24.3 Å². The van der Waals surface area contributed by atoms with E-state index in [2.05, 4.69) is 19.9 Å². The van der Waals surface area contributed by atoms with Crippen LogP contribution < -0.4 is 0 Å². The first-order chi connectivity index (χ1) is 8.66. The van der Waals surface area contributed by atoms with E-state index in [9.17, 15) is 9.50 Å². The first-order valence-corrected chi connectivity index (χ1v) is 6.14. The Bertz CT molecular complexity index is 496. The molecular formula is C11H11FN4OS. The van der Waals surface area contributed by atoms with E-state index in [1.807, 2.05) is 0 Å². The van der Waals surface area contributed by atoms with Crippen molar-refractivity contribution in [3.63, 3.8) is 0 Å². The van der Waals surface area contributed by atoms with E-state index in [0.717, 1.165) is 12.4 Å². The van der Waals surface area contributed by atoms with Crippen LogP contribution in [0.2, 0.25) is 0 Å². The molecule has 0 aliphatic heterocycles. The molecule has 7 heteroatoms. The van der Waals surface area contributed by atoms with Crippen LogP contribution in [0.25, 0.3) is 0 Å². The summed E-state index contributed by atoms with van der Waals surface area (Å²) in [7, 11) is 0. The summed E-state index contributed by atoms with van der Waals surface area (Å²) in [5.74, 6) is -0.343. The van der Waals surface area contributed by atoms with Crippen molar-refractivity contribution < 1.29 is 9.50 Å². The Morgan fingerprint density at radius 2 is 1.78 bits per heavy atom. The molecule has 1 unspecified atom stereocenters. The predicted octanol–water partition coefficient (Wildman–Crippen LogP) is 1.62. The summed E-state index contributed by atoms with van der Waals surface area (Å²) in [4.78, 5) is 15.6. The average Bonchev–Trinajstić information content (AvgIpc) is 2.40. The van der Waals surface area contributed by atoms with Gasteiger partial charge in [-0.3, -0.25) is 0 Å². The van der Waals surface area contributed by atoms with Crippen LogP contribution in [0.5, 0.6) is 0 Å². The van der Waals surface area contributed by atoms with E-state index in [1.54, 1.807) is 25.4 Å². The third-order valence-corrected chi connectivity index (χ3v) is 3.23. The van der Waals surface area contributed by atoms with Gasteiger partial charge in [0, 0.05) is 17.6 Å². The summed E-state index contributed by atoms with van der Waals surface area (Å²) >= 11 is 1.30. The third-order valence-electron chi connectivity index (χ3n) is 2.18. The van der Waals surface area contributed by atoms with E-state index in [0.29, 0.717) is 5.16 Å². The van der Waals surface area contributed by atoms with Crippen LogP contribution in [0.1, 0.15) is 18.9 Å². The normalized spacial score (nSPS) is 14.2. The van der Waals surface area contributed by atoms with Crippen molar-refractivity contribution in [1.29, 1.82) is 0 Å². The summed E-state index contributed by atoms with van der Waals surface area (Å²) < 4.78 is 12.7. The molecule has 0 bridgehead atoms. The Morgan fingerprint density at radius 3 is 2.39 bits per heavy atom. The molecular weight excluding hydrogens is 255 g/mol. The molecule has 2 heterocycles. The molecule has 2 rings (SSSR count). The summed E-state index contributed by atoms with van der Waals surface area (Å²) in [5.41, 5.74) is 0. The Balaban J connectivity index is 2.05. The third kappa shape index (κ3) is 3.21. The molecule has 0 radical (unpaired) electrons. The van der Waals surface area contributed by atoms with Gasteiger partial charge in [-0.15, -0.1) is 0 Å². The topological polar surface area (TPSA) is 71.8 Å². The summed E-state index contributed by atoms with van der Waals surface area (Å²) in [6.45, 7) is 1.80. The van der Waals surface area contributed by atoms with Crippen LogP contribution in [-0.4, -0.2) is 30.3 Å². The molecule has 0 saturated heterocycles. The van der Waals surface area contributed by atoms with Crippen LogP contribution >= 0.6 is 11.8 Å². The summed E-state index contributed by atoms with van der Waals surface area (Å²) in [5, 5.41) is 10.3. The summed E-state index contributed by atoms with van der Waals surface area (Å²) in [6.07, 6.45) is 4.41. The van der Waals surface area contributed by atoms with Gasteiger partial charge in [0.15, 0.2) is 16.8 Å². The highest BCUT2D eigenvalue weighted by Gasteiger charge is 2.21. The Kier molecular flexibility index (Phi) is 4.16. The monoisotopic (exact) mass is 266 g/mol. The lowest BCUT2D eigenvalue weighted by atomic mass is 10.2. The molecule has 94 valence electrons. The van der Waals surface area contributed by atoms with Crippen molar-refractivity contribution >= 4 is 11.8 Å². The van der Waals surface area contributed by atoms with Crippen molar-refractivity contribution in [3.05, 3.63) is 42.5 Å². The molecule has 0 saturated carbocycles. The van der Waals surface area contributed by atoms with Gasteiger partial charge >= 0.3 is 0 Å². The SMILES string of the molecule is C[C@H](Sc1ncccn1)C(O)c1ncc(F)cn1. The maximum Gasteiger partial charge on any atom is 0.187 e. The largest absolute Gasteiger partial charge is 0.384 e. The molecule has 0 spiro atoms. The van der Waals surface area contributed by atoms with E-state index in [-0.39, 0.29) is 11.1 Å². The fraction of sp³-hybridized carbons (Fsp3) is 0.273. The van der Waals surface area contributed by atoms with E-state index >= 15 is 0 Å². The lowest BCUT2D eigenvalue weighted by molar-refractivity contribution is 0.169. The van der Waals surface area contributed by atoms with Crippen LogP contribution in [0.3, 0.4) is 0 Å². The van der Waals surface area contributed by atoms with Crippen LogP contribution in [0.4, 0.5) is 4.39 Å². The quantitative estimate of drug-likeness (QED) is 0.669. The number of hydrogen-bond acceptors (Lipinski definition) is 6. The zero-order valence-electron chi connectivity index (χ0n) is 9.56. The van der Waals surface area contributed by atoms with Gasteiger partial charge in [0.2, 0.25) is 0 Å². The standard InChI is InChI=1S/C11H11FN4OS/c1-7(18-11-13-3-2-4-14-11)9(17)10-15-5-8(12)6-16-10/h2-7,9,17H,1H3/t7-,9?/m0/s1. The number of halogens is 1. The van der Waals surface area contributed by atoms with Gasteiger partial charge in [0.25, 0.3) is 0 Å². The molecule has 0 aromatic carbocycles. The van der Waals surface area contributed by atoms with Gasteiger partial charge in [-0.1, -0.05) is 11.8 Å². The molecule has 2 atom stereocenters. The second-order valence-electron chi connectivity index (χ2n) is 3.56. The fourth-order valence-electron chi connectivity index (χ4n) is 1.26. The van der Waals surface area contributed by atoms with Crippen LogP contribution in [0.15, 0.2) is 36.0 Å². The maximum absolute atomic E-state index is 12.7. The minimum Gasteiger partial charge on any atom is -0.384 e. The predicted molar refractivity (Wildman–Crippen MR) is 64.3 cm³/mol. The number of hydrogen-bond donors (Lipinski definition) is 1. The molecule has 0 fully saturated rings. The van der Waals surface area contributed by atoms with Gasteiger partial charge in [-0.05, 0) is 13.0 Å². The maximum atomic E-state index is 12.7. The Morgan fingerprint density at radius 1 is 1.17 bits per heavy atom. The lowest BCUT2D eigenvalue weighted by Gasteiger charge is -2.15. The van der Waals surface area contributed by atoms with Gasteiger partial charge in [0.05, 0.1) is 12.4 Å². The van der Waals surface area contributed by atoms with Crippen molar-refractivity contribution in [1.82, 2.24) is 19.9 Å². The second kappa shape index (κ2) is 5.83. The van der Waals surface area contributed by atoms with Crippen LogP contribution in [-0.2, 0) is 0 Å². The number of rotatable bonds is 4. The van der Waals surface area contributed by atoms with Gasteiger partial charge in [-0.2, -0.15) is 0 Å². The number of nitrogens with zero attached hydrogens (tertiary/aromatic N) is 4. The van der Waals surface area contributed by atoms with Crippen molar-refractivity contribution in [2.45, 2.75) is 23.4 Å². The van der Waals surface area contributed by atoms with Crippen LogP contribution in [0, 0.1) is 5.82 Å². The lowest BCUT2D eigenvalue weighted by Crippen LogP contribution is -2.15. The minimum atomic E-state index is -0.903. The van der Waals surface area contributed by atoms with E-state index in [4.69, 9.17) is 0 Å². The highest BCUT2D eigenvalue weighted by Crippen LogP contribution is 2.27. The van der Waals surface area contributed by atoms with Crippen molar-refractivity contribution in [2.75, 3.05) is 0 Å². The molecule has 18 heavy (non-hydrogen) atoms. The Hall–Kier alpha value is -1.60. The van der Waals surface area contributed by atoms with Crippen molar-refractivity contribution in [3.8, 4) is 0 Å². The first-order valence-electron chi connectivity index (χ1n) is 5.26. The molecule has 1 N–H and O–H groups in total. The molecule has 2 aromatic rings. The van der Waals surface area contributed by atoms with E-state index < -0.39 is 11.9 Å². The smallest absolute Gasteiger partial charge is 0.187 e. The van der Waals surface area contributed by atoms with Gasteiger partial charge < -0.3 is 5.11 Å². The molecule has 0 amide bonds. The molecule has 5 nitrogen and oxygen atoms in total. The molecule has 0 aliphatic rings. The Labute approximate surface area is 108 Å². The van der Waals surface area contributed by atoms with E-state index in [1.165, 1.54) is 11.8 Å². The number of aliphatic hydroxyl groups excluding tert-OH is 1. The summed E-state index contributed by atoms with van der Waals surface area (Å²) in [6, 6.07) is 1.72. The minimum absolute atomic E-state index is 0.187. The second-order valence-corrected chi connectivity index (χ2v) is 4.90. The highest BCUT2D eigenvalue weighted by molar-refractivity contribution is 7.99. The highest BCUT2D eigenvalue weighted by atomic mass is 32.2. The van der Waals surface area contributed by atoms with Crippen molar-refractivity contribution in [2.24, 2.45) is 0 Å². The van der Waals surface area contributed by atoms with Gasteiger partial charge in [0.1, 0.15) is 6.10 Å². The number of thioether (sulfide) groups is 1. The number of aromatic nitrogens is 4. The zero-order valence-corrected chi connectivity index (χ0v) is 10.4. The average molecular weight is 266 g/mol.